The summed E-state index contributed by atoms with van der Waals surface area (Å²) in [6.07, 6.45) is 8.59. The van der Waals surface area contributed by atoms with Crippen LogP contribution < -0.4 is 4.74 Å². The van der Waals surface area contributed by atoms with Crippen LogP contribution in [-0.2, 0) is 0 Å². The van der Waals surface area contributed by atoms with Crippen molar-refractivity contribution < 1.29 is 4.74 Å². The largest absolute Gasteiger partial charge is 0.494 e. The van der Waals surface area contributed by atoms with Crippen molar-refractivity contribution in [3.05, 3.63) is 66.2 Å². The van der Waals surface area contributed by atoms with E-state index in [1.165, 1.54) is 29.5 Å². The molecule has 1 fully saturated rings. The Morgan fingerprint density at radius 3 is 2.13 bits per heavy atom. The van der Waals surface area contributed by atoms with Crippen LogP contribution in [0.4, 0.5) is 0 Å². The van der Waals surface area contributed by atoms with Crippen molar-refractivity contribution in [2.45, 2.75) is 32.1 Å². The van der Waals surface area contributed by atoms with Crippen molar-refractivity contribution >= 4 is 0 Å². The lowest BCUT2D eigenvalue weighted by Gasteiger charge is -2.18. The molecule has 2 unspecified atom stereocenters. The molecule has 1 heteroatoms. The molecule has 3 atom stereocenters. The lowest BCUT2D eigenvalue weighted by Crippen LogP contribution is -2.04. The summed E-state index contributed by atoms with van der Waals surface area (Å²) >= 11 is 0. The number of hydrogen-bond donors (Lipinski definition) is 0. The Bertz CT molecular complexity index is 681. The van der Waals surface area contributed by atoms with Crippen LogP contribution in [0.25, 0.3) is 11.1 Å². The fraction of sp³-hybridized carbons (Fsp3) is 0.364. The zero-order valence-electron chi connectivity index (χ0n) is 13.7. The van der Waals surface area contributed by atoms with Crippen molar-refractivity contribution in [1.82, 2.24) is 0 Å². The Labute approximate surface area is 139 Å². The van der Waals surface area contributed by atoms with Crippen LogP contribution in [0.3, 0.4) is 0 Å². The van der Waals surface area contributed by atoms with Crippen LogP contribution >= 0.6 is 0 Å². The van der Waals surface area contributed by atoms with Crippen molar-refractivity contribution in [3.8, 4) is 16.9 Å². The van der Waals surface area contributed by atoms with E-state index in [4.69, 9.17) is 4.74 Å². The number of allylic oxidation sites excluding steroid dienone is 2. The van der Waals surface area contributed by atoms with Gasteiger partial charge in [-0.1, -0.05) is 55.5 Å². The average Bonchev–Trinajstić information content (AvgIpc) is 3.24. The van der Waals surface area contributed by atoms with E-state index in [0.29, 0.717) is 0 Å². The maximum absolute atomic E-state index is 5.65. The zero-order valence-corrected chi connectivity index (χ0v) is 13.7. The predicted octanol–water partition coefficient (Wildman–Crippen LogP) is 5.82. The summed E-state index contributed by atoms with van der Waals surface area (Å²) in [4.78, 5) is 0. The Balaban J connectivity index is 1.48. The maximum atomic E-state index is 5.65. The van der Waals surface area contributed by atoms with E-state index < -0.39 is 0 Å². The van der Waals surface area contributed by atoms with Crippen LogP contribution in [-0.4, -0.2) is 6.61 Å². The molecule has 0 amide bonds. The van der Waals surface area contributed by atoms with Crippen molar-refractivity contribution in [1.29, 1.82) is 0 Å². The molecule has 2 aliphatic rings. The third-order valence-corrected chi connectivity index (χ3v) is 5.28. The summed E-state index contributed by atoms with van der Waals surface area (Å²) in [5.41, 5.74) is 4.05. The molecule has 2 aliphatic carbocycles. The van der Waals surface area contributed by atoms with Gasteiger partial charge >= 0.3 is 0 Å². The number of benzene rings is 2. The number of ether oxygens (including phenoxy) is 1. The van der Waals surface area contributed by atoms with E-state index in [1.807, 2.05) is 0 Å². The SMILES string of the molecule is CCCOc1ccc(-c2ccc([C@H]3CC4C=CC3C4)cc2)cc1. The van der Waals surface area contributed by atoms with Gasteiger partial charge in [0.2, 0.25) is 0 Å². The maximum Gasteiger partial charge on any atom is 0.119 e. The van der Waals surface area contributed by atoms with Gasteiger partial charge in [0.05, 0.1) is 6.61 Å². The van der Waals surface area contributed by atoms with E-state index in [-0.39, 0.29) is 0 Å². The van der Waals surface area contributed by atoms with Gasteiger partial charge in [-0.05, 0) is 65.8 Å². The highest BCUT2D eigenvalue weighted by atomic mass is 16.5. The third kappa shape index (κ3) is 2.93. The van der Waals surface area contributed by atoms with E-state index in [1.54, 1.807) is 0 Å². The van der Waals surface area contributed by atoms with E-state index in [0.717, 1.165) is 36.5 Å². The molecular formula is C22H24O. The van der Waals surface area contributed by atoms with Gasteiger partial charge in [-0.15, -0.1) is 0 Å². The molecule has 1 saturated carbocycles. The standard InChI is InChI=1S/C22H24O/c1-2-13-23-21-11-9-18(10-12-21)17-5-7-19(8-6-17)22-15-16-3-4-20(22)14-16/h3-12,16,20,22H,2,13-15H2,1H3/t16?,20?,22-/m1/s1. The monoisotopic (exact) mass is 304 g/mol. The number of rotatable bonds is 5. The van der Waals surface area contributed by atoms with Gasteiger partial charge in [-0.2, -0.15) is 0 Å². The first-order valence-corrected chi connectivity index (χ1v) is 8.85. The lowest BCUT2D eigenvalue weighted by molar-refractivity contribution is 0.317. The van der Waals surface area contributed by atoms with Crippen molar-refractivity contribution in [2.24, 2.45) is 11.8 Å². The topological polar surface area (TPSA) is 9.23 Å². The highest BCUT2D eigenvalue weighted by Gasteiger charge is 2.36. The van der Waals surface area contributed by atoms with E-state index >= 15 is 0 Å². The van der Waals surface area contributed by atoms with E-state index in [2.05, 4.69) is 67.6 Å². The van der Waals surface area contributed by atoms with Crippen LogP contribution in [0.15, 0.2) is 60.7 Å². The number of hydrogen-bond acceptors (Lipinski definition) is 1. The Kier molecular flexibility index (Phi) is 3.95. The predicted molar refractivity (Wildman–Crippen MR) is 95.8 cm³/mol. The highest BCUT2D eigenvalue weighted by Crippen LogP contribution is 2.48. The van der Waals surface area contributed by atoms with Crippen molar-refractivity contribution in [2.75, 3.05) is 6.61 Å². The second kappa shape index (κ2) is 6.23. The van der Waals surface area contributed by atoms with Gasteiger partial charge in [-0.25, -0.2) is 0 Å². The first kappa shape index (κ1) is 14.6. The van der Waals surface area contributed by atoms with Crippen LogP contribution in [0, 0.1) is 11.8 Å². The Morgan fingerprint density at radius 1 is 0.870 bits per heavy atom. The molecule has 0 aliphatic heterocycles. The van der Waals surface area contributed by atoms with Gasteiger partial charge in [-0.3, -0.25) is 0 Å². The quantitative estimate of drug-likeness (QED) is 0.632. The van der Waals surface area contributed by atoms with Gasteiger partial charge in [0, 0.05) is 0 Å². The molecule has 0 spiro atoms. The van der Waals surface area contributed by atoms with Crippen LogP contribution in [0.2, 0.25) is 0 Å². The zero-order chi connectivity index (χ0) is 15.6. The van der Waals surface area contributed by atoms with Crippen LogP contribution in [0.1, 0.15) is 37.7 Å². The van der Waals surface area contributed by atoms with Gasteiger partial charge in [0.25, 0.3) is 0 Å². The molecule has 2 aromatic carbocycles. The average molecular weight is 304 g/mol. The Hall–Kier alpha value is -2.02. The fourth-order valence-corrected chi connectivity index (χ4v) is 4.05. The molecule has 0 N–H and O–H groups in total. The molecule has 0 saturated heterocycles. The lowest BCUT2D eigenvalue weighted by atomic mass is 9.86. The summed E-state index contributed by atoms with van der Waals surface area (Å²) in [6.45, 7) is 2.91. The minimum absolute atomic E-state index is 0.740. The van der Waals surface area contributed by atoms with Gasteiger partial charge in [0.1, 0.15) is 5.75 Å². The first-order valence-electron chi connectivity index (χ1n) is 8.85. The molecule has 0 aromatic heterocycles. The minimum Gasteiger partial charge on any atom is -0.494 e. The van der Waals surface area contributed by atoms with Crippen LogP contribution in [0.5, 0.6) is 5.75 Å². The summed E-state index contributed by atoms with van der Waals surface area (Å²) in [5, 5.41) is 0. The fourth-order valence-electron chi connectivity index (χ4n) is 4.05. The summed E-state index contributed by atoms with van der Waals surface area (Å²) in [7, 11) is 0. The van der Waals surface area contributed by atoms with Gasteiger partial charge in [0.15, 0.2) is 0 Å². The highest BCUT2D eigenvalue weighted by molar-refractivity contribution is 5.64. The minimum atomic E-state index is 0.740. The Morgan fingerprint density at radius 2 is 1.57 bits per heavy atom. The van der Waals surface area contributed by atoms with Crippen molar-refractivity contribution in [3.63, 3.8) is 0 Å². The van der Waals surface area contributed by atoms with Gasteiger partial charge < -0.3 is 4.74 Å². The summed E-state index contributed by atoms with van der Waals surface area (Å²) in [5.74, 6) is 3.31. The molecule has 0 heterocycles. The second-order valence-corrected chi connectivity index (χ2v) is 6.88. The second-order valence-electron chi connectivity index (χ2n) is 6.88. The molecule has 2 bridgehead atoms. The van der Waals surface area contributed by atoms with E-state index in [9.17, 15) is 0 Å². The molecule has 118 valence electrons. The molecule has 2 aromatic rings. The third-order valence-electron chi connectivity index (χ3n) is 5.28. The molecular weight excluding hydrogens is 280 g/mol. The normalized spacial score (nSPS) is 25.0. The smallest absolute Gasteiger partial charge is 0.119 e. The molecule has 23 heavy (non-hydrogen) atoms. The number of fused-ring (bicyclic) bond motifs is 2. The first-order chi connectivity index (χ1) is 11.3. The summed E-state index contributed by atoms with van der Waals surface area (Å²) in [6, 6.07) is 17.6. The summed E-state index contributed by atoms with van der Waals surface area (Å²) < 4.78 is 5.65. The molecule has 1 nitrogen and oxygen atoms in total. The molecule has 0 radical (unpaired) electrons. The molecule has 4 rings (SSSR count).